The van der Waals surface area contributed by atoms with Gasteiger partial charge in [0.2, 0.25) is 0 Å². The molecule has 0 atom stereocenters. The molecule has 5 nitrogen and oxygen atoms in total. The number of esters is 1. The van der Waals surface area contributed by atoms with Gasteiger partial charge < -0.3 is 14.5 Å². The van der Waals surface area contributed by atoms with Gasteiger partial charge in [-0.15, -0.1) is 0 Å². The third-order valence-electron chi connectivity index (χ3n) is 4.26. The van der Waals surface area contributed by atoms with Crippen LogP contribution in [-0.4, -0.2) is 18.5 Å². The zero-order chi connectivity index (χ0) is 19.1. The average molecular weight is 365 g/mol. The van der Waals surface area contributed by atoms with E-state index in [-0.39, 0.29) is 17.6 Å². The van der Waals surface area contributed by atoms with Crippen LogP contribution in [0.25, 0.3) is 11.0 Å². The number of unbranched alkanes of at least 4 members (excludes halogenated alkanes) is 3. The lowest BCUT2D eigenvalue weighted by molar-refractivity contribution is 0.0498. The zero-order valence-corrected chi connectivity index (χ0v) is 15.4. The number of nitrogens with one attached hydrogen (secondary N) is 1. The van der Waals surface area contributed by atoms with Crippen molar-refractivity contribution < 1.29 is 18.7 Å². The molecule has 0 unspecified atom stereocenters. The molecule has 0 radical (unpaired) electrons. The Kier molecular flexibility index (Phi) is 6.26. The second kappa shape index (κ2) is 9.03. The van der Waals surface area contributed by atoms with Crippen molar-refractivity contribution in [3.8, 4) is 0 Å². The number of rotatable bonds is 8. The van der Waals surface area contributed by atoms with Crippen LogP contribution in [-0.2, 0) is 4.74 Å². The molecule has 27 heavy (non-hydrogen) atoms. The molecule has 0 aliphatic carbocycles. The van der Waals surface area contributed by atoms with E-state index in [0.29, 0.717) is 23.4 Å². The van der Waals surface area contributed by atoms with Gasteiger partial charge in [-0.2, -0.15) is 0 Å². The van der Waals surface area contributed by atoms with Gasteiger partial charge in [0.25, 0.3) is 5.91 Å². The van der Waals surface area contributed by atoms with Crippen LogP contribution in [0.15, 0.2) is 59.0 Å². The Labute approximate surface area is 158 Å². The Bertz CT molecular complexity index is 878. The molecule has 0 fully saturated rings. The predicted molar refractivity (Wildman–Crippen MR) is 105 cm³/mol. The van der Waals surface area contributed by atoms with Crippen LogP contribution >= 0.6 is 0 Å². The molecule has 1 aromatic heterocycles. The number of hydrogen-bond donors (Lipinski definition) is 1. The highest BCUT2D eigenvalue weighted by Crippen LogP contribution is 2.20. The number of benzene rings is 2. The molecule has 3 rings (SSSR count). The first-order valence-electron chi connectivity index (χ1n) is 9.24. The highest BCUT2D eigenvalue weighted by molar-refractivity contribution is 6.04. The Morgan fingerprint density at radius 3 is 2.52 bits per heavy atom. The number of fused-ring (bicyclic) bond motifs is 1. The van der Waals surface area contributed by atoms with Crippen LogP contribution in [0.1, 0.15) is 53.5 Å². The minimum absolute atomic E-state index is 0.242. The maximum absolute atomic E-state index is 12.3. The van der Waals surface area contributed by atoms with Gasteiger partial charge in [-0.3, -0.25) is 4.79 Å². The topological polar surface area (TPSA) is 68.5 Å². The van der Waals surface area contributed by atoms with Crippen molar-refractivity contribution in [3.05, 3.63) is 65.9 Å². The fraction of sp³-hybridized carbons (Fsp3) is 0.273. The molecule has 3 aromatic rings. The SMILES string of the molecule is CCCCCCOC(=O)c1ccc(NC(=O)c2cc3ccccc3o2)cc1. The molecule has 0 saturated carbocycles. The first-order valence-corrected chi connectivity index (χ1v) is 9.24. The first kappa shape index (κ1) is 18.7. The quantitative estimate of drug-likeness (QED) is 0.427. The molecular formula is C22H23NO4. The van der Waals surface area contributed by atoms with Gasteiger partial charge in [-0.05, 0) is 42.8 Å². The van der Waals surface area contributed by atoms with Gasteiger partial charge in [0.15, 0.2) is 5.76 Å². The summed E-state index contributed by atoms with van der Waals surface area (Å²) in [6.07, 6.45) is 4.24. The number of para-hydroxylation sites is 1. The molecule has 0 bridgehead atoms. The van der Waals surface area contributed by atoms with Gasteiger partial charge in [0, 0.05) is 11.1 Å². The minimum atomic E-state index is -0.346. The Balaban J connectivity index is 1.55. The zero-order valence-electron chi connectivity index (χ0n) is 15.4. The molecule has 140 valence electrons. The maximum Gasteiger partial charge on any atom is 0.338 e. The Hall–Kier alpha value is -3.08. The second-order valence-corrected chi connectivity index (χ2v) is 6.38. The van der Waals surface area contributed by atoms with E-state index in [4.69, 9.17) is 9.15 Å². The van der Waals surface area contributed by atoms with E-state index >= 15 is 0 Å². The molecule has 0 aliphatic heterocycles. The lowest BCUT2D eigenvalue weighted by Gasteiger charge is -2.06. The molecular weight excluding hydrogens is 342 g/mol. The summed E-state index contributed by atoms with van der Waals surface area (Å²) >= 11 is 0. The standard InChI is InChI=1S/C22H23NO4/c1-2-3-4-7-14-26-22(25)16-10-12-18(13-11-16)23-21(24)20-15-17-8-5-6-9-19(17)27-20/h5-6,8-13,15H,2-4,7,14H2,1H3,(H,23,24). The highest BCUT2D eigenvalue weighted by atomic mass is 16.5. The van der Waals surface area contributed by atoms with Gasteiger partial charge >= 0.3 is 5.97 Å². The summed E-state index contributed by atoms with van der Waals surface area (Å²) in [4.78, 5) is 24.3. The van der Waals surface area contributed by atoms with Crippen molar-refractivity contribution in [1.82, 2.24) is 0 Å². The molecule has 1 amide bonds. The fourth-order valence-electron chi connectivity index (χ4n) is 2.75. The van der Waals surface area contributed by atoms with Gasteiger partial charge in [0.05, 0.1) is 12.2 Å². The number of furan rings is 1. The summed E-state index contributed by atoms with van der Waals surface area (Å²) in [5, 5.41) is 3.64. The van der Waals surface area contributed by atoms with Crippen molar-refractivity contribution >= 4 is 28.5 Å². The number of carbonyl (C=O) groups excluding carboxylic acids is 2. The summed E-state index contributed by atoms with van der Waals surface area (Å²) in [5.74, 6) is -0.439. The minimum Gasteiger partial charge on any atom is -0.462 e. The maximum atomic E-state index is 12.3. The smallest absolute Gasteiger partial charge is 0.338 e. The number of anilines is 1. The van der Waals surface area contributed by atoms with Gasteiger partial charge in [0.1, 0.15) is 5.58 Å². The molecule has 0 saturated heterocycles. The molecule has 1 N–H and O–H groups in total. The van der Waals surface area contributed by atoms with Crippen molar-refractivity contribution in [2.45, 2.75) is 32.6 Å². The molecule has 0 aliphatic rings. The van der Waals surface area contributed by atoms with E-state index in [1.54, 1.807) is 30.3 Å². The molecule has 1 heterocycles. The van der Waals surface area contributed by atoms with Crippen LogP contribution in [0.5, 0.6) is 0 Å². The summed E-state index contributed by atoms with van der Waals surface area (Å²) in [6, 6.07) is 15.8. The lowest BCUT2D eigenvalue weighted by Crippen LogP contribution is -2.11. The Morgan fingerprint density at radius 2 is 1.78 bits per heavy atom. The van der Waals surface area contributed by atoms with Crippen LogP contribution in [0.3, 0.4) is 0 Å². The van der Waals surface area contributed by atoms with Gasteiger partial charge in [-0.25, -0.2) is 4.79 Å². The predicted octanol–water partition coefficient (Wildman–Crippen LogP) is 5.42. The largest absolute Gasteiger partial charge is 0.462 e. The summed E-state index contributed by atoms with van der Waals surface area (Å²) in [7, 11) is 0. The number of ether oxygens (including phenoxy) is 1. The van der Waals surface area contributed by atoms with Crippen molar-refractivity contribution in [1.29, 1.82) is 0 Å². The second-order valence-electron chi connectivity index (χ2n) is 6.38. The molecule has 2 aromatic carbocycles. The molecule has 0 spiro atoms. The summed E-state index contributed by atoms with van der Waals surface area (Å²) in [5.41, 5.74) is 1.71. The van der Waals surface area contributed by atoms with Crippen LogP contribution in [0, 0.1) is 0 Å². The lowest BCUT2D eigenvalue weighted by atomic mass is 10.2. The fourth-order valence-corrected chi connectivity index (χ4v) is 2.75. The van der Waals surface area contributed by atoms with E-state index in [9.17, 15) is 9.59 Å². The number of hydrogen-bond acceptors (Lipinski definition) is 4. The average Bonchev–Trinajstić information content (AvgIpc) is 3.13. The van der Waals surface area contributed by atoms with Crippen molar-refractivity contribution in [2.75, 3.05) is 11.9 Å². The van der Waals surface area contributed by atoms with E-state index < -0.39 is 0 Å². The highest BCUT2D eigenvalue weighted by Gasteiger charge is 2.13. The third kappa shape index (κ3) is 4.97. The van der Waals surface area contributed by atoms with Gasteiger partial charge in [-0.1, -0.05) is 44.4 Å². The Morgan fingerprint density at radius 1 is 1.00 bits per heavy atom. The van der Waals surface area contributed by atoms with Crippen LogP contribution < -0.4 is 5.32 Å². The van der Waals surface area contributed by atoms with Crippen LogP contribution in [0.2, 0.25) is 0 Å². The first-order chi connectivity index (χ1) is 13.2. The molecule has 5 heteroatoms. The van der Waals surface area contributed by atoms with Crippen molar-refractivity contribution in [3.63, 3.8) is 0 Å². The summed E-state index contributed by atoms with van der Waals surface area (Å²) in [6.45, 7) is 2.57. The summed E-state index contributed by atoms with van der Waals surface area (Å²) < 4.78 is 10.8. The van der Waals surface area contributed by atoms with E-state index in [1.165, 1.54) is 0 Å². The van der Waals surface area contributed by atoms with Crippen LogP contribution in [0.4, 0.5) is 5.69 Å². The third-order valence-corrected chi connectivity index (χ3v) is 4.26. The van der Waals surface area contributed by atoms with E-state index in [0.717, 1.165) is 31.1 Å². The number of carbonyl (C=O) groups is 2. The van der Waals surface area contributed by atoms with E-state index in [1.807, 2.05) is 24.3 Å². The normalized spacial score (nSPS) is 10.7. The van der Waals surface area contributed by atoms with E-state index in [2.05, 4.69) is 12.2 Å². The van der Waals surface area contributed by atoms with Crippen molar-refractivity contribution in [2.24, 2.45) is 0 Å². The number of amides is 1. The monoisotopic (exact) mass is 365 g/mol.